The maximum absolute atomic E-state index is 8.62. The van der Waals surface area contributed by atoms with Crippen LogP contribution in [0.25, 0.3) is 0 Å². The van der Waals surface area contributed by atoms with E-state index in [1.807, 2.05) is 16.9 Å². The molecule has 0 atom stereocenters. The van der Waals surface area contributed by atoms with Gasteiger partial charge < -0.3 is 0 Å². The van der Waals surface area contributed by atoms with Gasteiger partial charge in [-0.2, -0.15) is 10.4 Å². The first-order chi connectivity index (χ1) is 7.17. The standard InChI is InChI=1S/C11H18N4/c1-4-14(8-6-12)9-11-5-7-15(13-11)10(2)3/h5,7,10H,4,8-9H2,1-3H3. The fraction of sp³-hybridized carbons (Fsp3) is 0.636. The summed E-state index contributed by atoms with van der Waals surface area (Å²) in [5, 5.41) is 13.1. The first kappa shape index (κ1) is 11.7. The van der Waals surface area contributed by atoms with Crippen LogP contribution in [0.5, 0.6) is 0 Å². The smallest absolute Gasteiger partial charge is 0.0869 e. The van der Waals surface area contributed by atoms with Crippen molar-refractivity contribution in [1.82, 2.24) is 14.7 Å². The van der Waals surface area contributed by atoms with Gasteiger partial charge in [0.1, 0.15) is 0 Å². The van der Waals surface area contributed by atoms with Crippen LogP contribution in [0.15, 0.2) is 12.3 Å². The van der Waals surface area contributed by atoms with Crippen LogP contribution in [0.3, 0.4) is 0 Å². The van der Waals surface area contributed by atoms with Crippen LogP contribution in [0.1, 0.15) is 32.5 Å². The van der Waals surface area contributed by atoms with Gasteiger partial charge in [-0.3, -0.25) is 9.58 Å². The van der Waals surface area contributed by atoms with Crippen molar-refractivity contribution in [2.24, 2.45) is 0 Å². The largest absolute Gasteiger partial charge is 0.285 e. The Kier molecular flexibility index (Phi) is 4.32. The maximum atomic E-state index is 8.62. The lowest BCUT2D eigenvalue weighted by molar-refractivity contribution is 0.308. The molecule has 4 heteroatoms. The van der Waals surface area contributed by atoms with Gasteiger partial charge in [0, 0.05) is 18.8 Å². The number of nitrogens with zero attached hydrogens (tertiary/aromatic N) is 4. The number of hydrogen-bond acceptors (Lipinski definition) is 3. The highest BCUT2D eigenvalue weighted by atomic mass is 15.3. The van der Waals surface area contributed by atoms with Gasteiger partial charge in [-0.1, -0.05) is 6.92 Å². The van der Waals surface area contributed by atoms with Crippen LogP contribution in [-0.2, 0) is 6.54 Å². The van der Waals surface area contributed by atoms with E-state index in [1.54, 1.807) is 0 Å². The predicted molar refractivity (Wildman–Crippen MR) is 59.2 cm³/mol. The molecule has 1 heterocycles. The third-order valence-electron chi connectivity index (χ3n) is 2.32. The summed E-state index contributed by atoms with van der Waals surface area (Å²) in [6.07, 6.45) is 1.99. The van der Waals surface area contributed by atoms with Gasteiger partial charge >= 0.3 is 0 Å². The van der Waals surface area contributed by atoms with Crippen LogP contribution in [0.4, 0.5) is 0 Å². The van der Waals surface area contributed by atoms with E-state index in [2.05, 4.69) is 36.8 Å². The Balaban J connectivity index is 2.60. The second-order valence-corrected chi connectivity index (χ2v) is 3.84. The molecular formula is C11H18N4. The molecule has 0 radical (unpaired) electrons. The molecule has 4 nitrogen and oxygen atoms in total. The molecule has 15 heavy (non-hydrogen) atoms. The van der Waals surface area contributed by atoms with Gasteiger partial charge in [-0.25, -0.2) is 0 Å². The van der Waals surface area contributed by atoms with Crippen LogP contribution < -0.4 is 0 Å². The predicted octanol–water partition coefficient (Wildman–Crippen LogP) is 1.81. The third-order valence-corrected chi connectivity index (χ3v) is 2.32. The molecule has 0 aliphatic carbocycles. The average Bonchev–Trinajstić information content (AvgIpc) is 2.65. The molecule has 0 unspecified atom stereocenters. The minimum Gasteiger partial charge on any atom is -0.285 e. The van der Waals surface area contributed by atoms with E-state index in [1.165, 1.54) is 0 Å². The minimum absolute atomic E-state index is 0.393. The van der Waals surface area contributed by atoms with E-state index in [9.17, 15) is 0 Å². The van der Waals surface area contributed by atoms with E-state index in [0.717, 1.165) is 18.8 Å². The first-order valence-electron chi connectivity index (χ1n) is 5.30. The molecule has 1 aromatic heterocycles. The van der Waals surface area contributed by atoms with Crippen LogP contribution in [0.2, 0.25) is 0 Å². The lowest BCUT2D eigenvalue weighted by atomic mass is 10.4. The molecule has 1 rings (SSSR count). The summed E-state index contributed by atoms with van der Waals surface area (Å²) >= 11 is 0. The second kappa shape index (κ2) is 5.52. The lowest BCUT2D eigenvalue weighted by Gasteiger charge is -2.14. The van der Waals surface area contributed by atoms with Crippen molar-refractivity contribution in [3.05, 3.63) is 18.0 Å². The van der Waals surface area contributed by atoms with Gasteiger partial charge in [0.2, 0.25) is 0 Å². The number of aromatic nitrogens is 2. The molecule has 0 aromatic carbocycles. The SMILES string of the molecule is CCN(CC#N)Cc1ccn(C(C)C)n1. The van der Waals surface area contributed by atoms with E-state index in [4.69, 9.17) is 5.26 Å². The summed E-state index contributed by atoms with van der Waals surface area (Å²) in [7, 11) is 0. The highest BCUT2D eigenvalue weighted by Crippen LogP contribution is 2.06. The van der Waals surface area contributed by atoms with Crippen molar-refractivity contribution in [3.63, 3.8) is 0 Å². The van der Waals surface area contributed by atoms with Crippen molar-refractivity contribution in [2.75, 3.05) is 13.1 Å². The minimum atomic E-state index is 0.393. The third kappa shape index (κ3) is 3.37. The Hall–Kier alpha value is -1.34. The fourth-order valence-electron chi connectivity index (χ4n) is 1.36. The van der Waals surface area contributed by atoms with E-state index < -0.39 is 0 Å². The Bertz CT molecular complexity index is 335. The van der Waals surface area contributed by atoms with E-state index >= 15 is 0 Å². The molecule has 0 N–H and O–H groups in total. The summed E-state index contributed by atoms with van der Waals surface area (Å²) in [5.41, 5.74) is 1.03. The second-order valence-electron chi connectivity index (χ2n) is 3.84. The molecule has 82 valence electrons. The molecule has 0 aliphatic rings. The Labute approximate surface area is 91.1 Å². The molecule has 0 fully saturated rings. The van der Waals surface area contributed by atoms with Crippen molar-refractivity contribution >= 4 is 0 Å². The molecule has 0 amide bonds. The van der Waals surface area contributed by atoms with Crippen molar-refractivity contribution in [1.29, 1.82) is 5.26 Å². The average molecular weight is 206 g/mol. The zero-order valence-corrected chi connectivity index (χ0v) is 9.64. The number of hydrogen-bond donors (Lipinski definition) is 0. The lowest BCUT2D eigenvalue weighted by Crippen LogP contribution is -2.23. The number of nitriles is 1. The Morgan fingerprint density at radius 2 is 2.33 bits per heavy atom. The van der Waals surface area contributed by atoms with Crippen molar-refractivity contribution < 1.29 is 0 Å². The van der Waals surface area contributed by atoms with Gasteiger partial charge in [0.25, 0.3) is 0 Å². The van der Waals surface area contributed by atoms with Crippen molar-refractivity contribution in [2.45, 2.75) is 33.4 Å². The zero-order valence-electron chi connectivity index (χ0n) is 9.64. The highest BCUT2D eigenvalue weighted by Gasteiger charge is 2.06. The van der Waals surface area contributed by atoms with Gasteiger partial charge in [0.15, 0.2) is 0 Å². The topological polar surface area (TPSA) is 44.9 Å². The molecule has 1 aromatic rings. The molecule has 0 bridgehead atoms. The summed E-state index contributed by atoms with van der Waals surface area (Å²) in [6, 6.07) is 4.57. The van der Waals surface area contributed by atoms with Gasteiger partial charge in [-0.15, -0.1) is 0 Å². The molecule has 0 spiro atoms. The van der Waals surface area contributed by atoms with Gasteiger partial charge in [0.05, 0.1) is 18.3 Å². The normalized spacial score (nSPS) is 10.9. The van der Waals surface area contributed by atoms with E-state index in [0.29, 0.717) is 12.6 Å². The van der Waals surface area contributed by atoms with Gasteiger partial charge in [-0.05, 0) is 26.5 Å². The fourth-order valence-corrected chi connectivity index (χ4v) is 1.36. The number of rotatable bonds is 5. The van der Waals surface area contributed by atoms with Crippen LogP contribution in [-0.4, -0.2) is 27.8 Å². The summed E-state index contributed by atoms with van der Waals surface area (Å²) in [4.78, 5) is 2.06. The van der Waals surface area contributed by atoms with E-state index in [-0.39, 0.29) is 0 Å². The Morgan fingerprint density at radius 3 is 2.80 bits per heavy atom. The molecule has 0 saturated heterocycles. The monoisotopic (exact) mass is 206 g/mol. The van der Waals surface area contributed by atoms with Crippen molar-refractivity contribution in [3.8, 4) is 6.07 Å². The summed E-state index contributed by atoms with van der Waals surface area (Å²) in [5.74, 6) is 0. The maximum Gasteiger partial charge on any atom is 0.0869 e. The highest BCUT2D eigenvalue weighted by molar-refractivity contribution is 5.00. The summed E-state index contributed by atoms with van der Waals surface area (Å²) < 4.78 is 1.94. The Morgan fingerprint density at radius 1 is 1.60 bits per heavy atom. The quantitative estimate of drug-likeness (QED) is 0.690. The molecule has 0 aliphatic heterocycles. The van der Waals surface area contributed by atoms with Crippen LogP contribution >= 0.6 is 0 Å². The first-order valence-corrected chi connectivity index (χ1v) is 5.30. The molecule has 0 saturated carbocycles. The zero-order chi connectivity index (χ0) is 11.3. The molecular weight excluding hydrogens is 188 g/mol. The van der Waals surface area contributed by atoms with Crippen LogP contribution in [0, 0.1) is 11.3 Å². The summed E-state index contributed by atoms with van der Waals surface area (Å²) in [6.45, 7) is 8.35.